The predicted octanol–water partition coefficient (Wildman–Crippen LogP) is 4.00. The van der Waals surface area contributed by atoms with Gasteiger partial charge in [-0.1, -0.05) is 28.1 Å². The van der Waals surface area contributed by atoms with E-state index in [-0.39, 0.29) is 41.2 Å². The molecule has 2 heterocycles. The van der Waals surface area contributed by atoms with Crippen LogP contribution in [-0.2, 0) is 9.59 Å². The van der Waals surface area contributed by atoms with E-state index in [0.29, 0.717) is 33.4 Å². The van der Waals surface area contributed by atoms with E-state index in [4.69, 9.17) is 4.42 Å². The lowest BCUT2D eigenvalue weighted by atomic mass is 9.63. The van der Waals surface area contributed by atoms with Crippen LogP contribution < -0.4 is 0 Å². The quantitative estimate of drug-likeness (QED) is 0.215. The molecule has 9 heteroatoms. The highest BCUT2D eigenvalue weighted by molar-refractivity contribution is 9.10. The van der Waals surface area contributed by atoms with Crippen molar-refractivity contribution in [2.24, 2.45) is 40.6 Å². The standard InChI is InChI=1S/C22H16BrN3O5/c23-10-1-3-14(17(7-10)26(29)30)18-6-2-11(31-18)9-24-25-21(27)19-12-4-5-13(16-8-15(12)16)20(19)22(25)28/h1-7,9,12-13,15-16,19-20H,8H2/t12-,13-,15-,16-,19+,20+/m0/s1. The van der Waals surface area contributed by atoms with Crippen LogP contribution in [0, 0.1) is 45.6 Å². The van der Waals surface area contributed by atoms with Gasteiger partial charge in [-0.25, -0.2) is 0 Å². The molecule has 4 aliphatic carbocycles. The van der Waals surface area contributed by atoms with Crippen LogP contribution in [0.3, 0.4) is 0 Å². The second kappa shape index (κ2) is 6.46. The number of nitro groups is 1. The number of rotatable bonds is 4. The molecule has 1 saturated heterocycles. The van der Waals surface area contributed by atoms with Crippen LogP contribution in [0.4, 0.5) is 5.69 Å². The summed E-state index contributed by atoms with van der Waals surface area (Å²) in [6, 6.07) is 7.89. The number of imide groups is 1. The molecule has 6 atom stereocenters. The summed E-state index contributed by atoms with van der Waals surface area (Å²) in [6.45, 7) is 0. The number of benzene rings is 1. The van der Waals surface area contributed by atoms with Gasteiger partial charge in [0.1, 0.15) is 11.5 Å². The van der Waals surface area contributed by atoms with Crippen LogP contribution >= 0.6 is 15.9 Å². The smallest absolute Gasteiger partial charge is 0.281 e. The molecule has 2 saturated carbocycles. The van der Waals surface area contributed by atoms with Crippen molar-refractivity contribution in [3.05, 3.63) is 62.8 Å². The third-order valence-electron chi connectivity index (χ3n) is 6.99. The second-order valence-corrected chi connectivity index (χ2v) is 9.42. The molecule has 2 amide bonds. The number of halogens is 1. The van der Waals surface area contributed by atoms with E-state index in [1.807, 2.05) is 0 Å². The number of nitrogens with zero attached hydrogens (tertiary/aromatic N) is 3. The number of hydrogen-bond donors (Lipinski definition) is 0. The number of hydrogen-bond acceptors (Lipinski definition) is 6. The van der Waals surface area contributed by atoms with Crippen LogP contribution in [0.5, 0.6) is 0 Å². The molecule has 0 radical (unpaired) electrons. The maximum atomic E-state index is 13.0. The van der Waals surface area contributed by atoms with Crippen molar-refractivity contribution < 1.29 is 18.9 Å². The van der Waals surface area contributed by atoms with Crippen molar-refractivity contribution in [1.82, 2.24) is 5.01 Å². The zero-order valence-electron chi connectivity index (χ0n) is 16.1. The Kier molecular flexibility index (Phi) is 3.89. The maximum absolute atomic E-state index is 13.0. The minimum Gasteiger partial charge on any atom is -0.455 e. The second-order valence-electron chi connectivity index (χ2n) is 8.51. The summed E-state index contributed by atoms with van der Waals surface area (Å²) in [5, 5.41) is 16.5. The Balaban J connectivity index is 1.26. The molecular weight excluding hydrogens is 466 g/mol. The van der Waals surface area contributed by atoms with Gasteiger partial charge in [-0.15, -0.1) is 0 Å². The van der Waals surface area contributed by atoms with Gasteiger partial charge >= 0.3 is 0 Å². The summed E-state index contributed by atoms with van der Waals surface area (Å²) in [5.74, 6) is 0.856. The van der Waals surface area contributed by atoms with Crippen molar-refractivity contribution in [2.45, 2.75) is 6.42 Å². The molecule has 8 nitrogen and oxygen atoms in total. The first-order valence-electron chi connectivity index (χ1n) is 10.1. The first-order valence-corrected chi connectivity index (χ1v) is 10.9. The number of carbonyl (C=O) groups excluding carboxylic acids is 2. The Hall–Kier alpha value is -3.07. The molecule has 7 rings (SSSR count). The van der Waals surface area contributed by atoms with Crippen molar-refractivity contribution >= 4 is 39.6 Å². The zero-order chi connectivity index (χ0) is 21.4. The Morgan fingerprint density at radius 1 is 1.10 bits per heavy atom. The Labute approximate surface area is 184 Å². The summed E-state index contributed by atoms with van der Waals surface area (Å²) >= 11 is 3.23. The lowest BCUT2D eigenvalue weighted by Crippen LogP contribution is -2.40. The van der Waals surface area contributed by atoms with Crippen molar-refractivity contribution in [3.63, 3.8) is 0 Å². The van der Waals surface area contributed by atoms with Gasteiger partial charge < -0.3 is 4.42 Å². The fourth-order valence-electron chi connectivity index (χ4n) is 5.60. The minimum absolute atomic E-state index is 0.0947. The third-order valence-corrected chi connectivity index (χ3v) is 7.48. The monoisotopic (exact) mass is 481 g/mol. The molecule has 1 aromatic carbocycles. The van der Waals surface area contributed by atoms with Gasteiger partial charge in [-0.3, -0.25) is 19.7 Å². The molecule has 156 valence electrons. The Morgan fingerprint density at radius 3 is 2.42 bits per heavy atom. The van der Waals surface area contributed by atoms with E-state index in [1.165, 1.54) is 12.3 Å². The number of nitro benzene ring substituents is 1. The van der Waals surface area contributed by atoms with Crippen LogP contribution in [0.15, 0.2) is 56.5 Å². The van der Waals surface area contributed by atoms with Gasteiger partial charge in [-0.05, 0) is 54.4 Å². The fourth-order valence-corrected chi connectivity index (χ4v) is 5.95. The number of hydrazone groups is 1. The molecule has 3 fully saturated rings. The predicted molar refractivity (Wildman–Crippen MR) is 113 cm³/mol. The van der Waals surface area contributed by atoms with Crippen molar-refractivity contribution in [3.8, 4) is 11.3 Å². The Morgan fingerprint density at radius 2 is 1.77 bits per heavy atom. The van der Waals surface area contributed by atoms with Gasteiger partial charge in [0.05, 0.1) is 28.5 Å². The summed E-state index contributed by atoms with van der Waals surface area (Å²) in [6.07, 6.45) is 6.65. The average Bonchev–Trinajstić information content (AvgIpc) is 3.39. The lowest BCUT2D eigenvalue weighted by Gasteiger charge is -2.37. The topological polar surface area (TPSA) is 106 Å². The highest BCUT2D eigenvalue weighted by Crippen LogP contribution is 2.65. The molecule has 2 bridgehead atoms. The number of allylic oxidation sites excluding steroid dienone is 2. The first kappa shape index (κ1) is 18.7. The zero-order valence-corrected chi connectivity index (χ0v) is 17.6. The van der Waals surface area contributed by atoms with E-state index >= 15 is 0 Å². The summed E-state index contributed by atoms with van der Waals surface area (Å²) in [7, 11) is 0. The van der Waals surface area contributed by atoms with Gasteiger partial charge in [0, 0.05) is 10.5 Å². The molecule has 0 N–H and O–H groups in total. The maximum Gasteiger partial charge on any atom is 0.281 e. The van der Waals surface area contributed by atoms with E-state index in [2.05, 4.69) is 33.2 Å². The number of carbonyl (C=O) groups is 2. The average molecular weight is 482 g/mol. The van der Waals surface area contributed by atoms with Gasteiger partial charge in [0.2, 0.25) is 0 Å². The highest BCUT2D eigenvalue weighted by atomic mass is 79.9. The van der Waals surface area contributed by atoms with Gasteiger partial charge in [0.25, 0.3) is 17.5 Å². The van der Waals surface area contributed by atoms with E-state index in [0.717, 1.165) is 11.4 Å². The van der Waals surface area contributed by atoms with Crippen LogP contribution in [-0.4, -0.2) is 28.0 Å². The van der Waals surface area contributed by atoms with E-state index < -0.39 is 4.92 Å². The lowest BCUT2D eigenvalue weighted by molar-refractivity contribution is -0.384. The molecule has 1 aliphatic heterocycles. The van der Waals surface area contributed by atoms with Crippen molar-refractivity contribution in [2.75, 3.05) is 0 Å². The molecule has 1 aromatic heterocycles. The summed E-state index contributed by atoms with van der Waals surface area (Å²) in [5.41, 5.74) is 0.233. The SMILES string of the molecule is O=C1[C@@H]2[C@H]3C=C[C@@H]([C@@H]4C[C@@H]34)[C@H]2C(=O)N1N=Cc1ccc(-c2ccc(Br)cc2[N+](=O)[O-])o1. The minimum atomic E-state index is -0.480. The number of amides is 2. The normalized spacial score (nSPS) is 32.6. The highest BCUT2D eigenvalue weighted by Gasteiger charge is 2.67. The van der Waals surface area contributed by atoms with Gasteiger partial charge in [0.15, 0.2) is 0 Å². The number of furan rings is 1. The first-order chi connectivity index (χ1) is 14.9. The van der Waals surface area contributed by atoms with Gasteiger partial charge in [-0.2, -0.15) is 10.1 Å². The molecule has 0 spiro atoms. The van der Waals surface area contributed by atoms with E-state index in [1.54, 1.807) is 24.3 Å². The molecule has 0 unspecified atom stereocenters. The summed E-state index contributed by atoms with van der Waals surface area (Å²) in [4.78, 5) is 36.8. The molecule has 5 aliphatic rings. The molecule has 2 aromatic rings. The molecule has 31 heavy (non-hydrogen) atoms. The van der Waals surface area contributed by atoms with Crippen LogP contribution in [0.1, 0.15) is 12.2 Å². The summed E-state index contributed by atoms with van der Waals surface area (Å²) < 4.78 is 6.29. The largest absolute Gasteiger partial charge is 0.455 e. The third kappa shape index (κ3) is 2.69. The van der Waals surface area contributed by atoms with Crippen LogP contribution in [0.25, 0.3) is 11.3 Å². The Bertz CT molecular complexity index is 1180. The van der Waals surface area contributed by atoms with Crippen LogP contribution in [0.2, 0.25) is 0 Å². The fraction of sp³-hybridized carbons (Fsp3) is 0.318. The molecular formula is C22H16BrN3O5. The van der Waals surface area contributed by atoms with E-state index in [9.17, 15) is 19.7 Å². The van der Waals surface area contributed by atoms with Crippen molar-refractivity contribution in [1.29, 1.82) is 0 Å².